The molecular formula is C17H33N3. The first-order valence-electron chi connectivity index (χ1n) is 9.03. The van der Waals surface area contributed by atoms with E-state index in [9.17, 15) is 0 Å². The van der Waals surface area contributed by atoms with Gasteiger partial charge < -0.3 is 10.2 Å². The van der Waals surface area contributed by atoms with Gasteiger partial charge in [0.05, 0.1) is 0 Å². The van der Waals surface area contributed by atoms with Crippen molar-refractivity contribution >= 4 is 0 Å². The lowest BCUT2D eigenvalue weighted by molar-refractivity contribution is 0.0363. The number of nitrogens with zero attached hydrogens (tertiary/aromatic N) is 2. The van der Waals surface area contributed by atoms with Crippen molar-refractivity contribution in [3.05, 3.63) is 0 Å². The molecule has 3 atom stereocenters. The van der Waals surface area contributed by atoms with Crippen LogP contribution in [0.2, 0.25) is 0 Å². The van der Waals surface area contributed by atoms with Gasteiger partial charge in [-0.05, 0) is 71.1 Å². The quantitative estimate of drug-likeness (QED) is 0.855. The molecule has 3 aliphatic rings. The van der Waals surface area contributed by atoms with E-state index in [-0.39, 0.29) is 0 Å². The fourth-order valence-corrected chi connectivity index (χ4v) is 4.58. The third-order valence-corrected chi connectivity index (χ3v) is 5.81. The zero-order valence-corrected chi connectivity index (χ0v) is 13.3. The van der Waals surface area contributed by atoms with E-state index in [2.05, 4.69) is 22.0 Å². The van der Waals surface area contributed by atoms with E-state index in [1.165, 1.54) is 84.2 Å². The number of rotatable bonds is 3. The van der Waals surface area contributed by atoms with Crippen LogP contribution in [0.15, 0.2) is 0 Å². The van der Waals surface area contributed by atoms with Crippen LogP contribution < -0.4 is 5.32 Å². The van der Waals surface area contributed by atoms with Gasteiger partial charge in [-0.3, -0.25) is 4.90 Å². The molecule has 0 amide bonds. The molecule has 0 radical (unpaired) electrons. The van der Waals surface area contributed by atoms with Crippen molar-refractivity contribution in [2.45, 2.75) is 64.0 Å². The molecule has 3 rings (SSSR count). The number of nitrogens with one attached hydrogen (secondary N) is 1. The van der Waals surface area contributed by atoms with Crippen LogP contribution in [0.4, 0.5) is 0 Å². The van der Waals surface area contributed by atoms with E-state index in [4.69, 9.17) is 0 Å². The predicted molar refractivity (Wildman–Crippen MR) is 85.1 cm³/mol. The van der Waals surface area contributed by atoms with Crippen LogP contribution in [0.3, 0.4) is 0 Å². The summed E-state index contributed by atoms with van der Waals surface area (Å²) in [5, 5.41) is 3.66. The lowest BCUT2D eigenvalue weighted by atomic mass is 9.87. The molecule has 3 saturated heterocycles. The summed E-state index contributed by atoms with van der Waals surface area (Å²) in [5.74, 6) is 0.898. The van der Waals surface area contributed by atoms with Gasteiger partial charge in [-0.2, -0.15) is 0 Å². The van der Waals surface area contributed by atoms with E-state index in [1.54, 1.807) is 0 Å². The maximum Gasteiger partial charge on any atom is 0.0264 e. The summed E-state index contributed by atoms with van der Waals surface area (Å²) in [6.45, 7) is 10.3. The second kappa shape index (κ2) is 7.24. The molecule has 0 aromatic rings. The standard InChI is InChI=1S/C17H33N3/c1-15-7-3-6-12-20(15)17-13-18-9-8-16(17)14-19-10-4-2-5-11-19/h15-18H,2-14H2,1H3. The summed E-state index contributed by atoms with van der Waals surface area (Å²) < 4.78 is 0. The molecule has 0 aliphatic carbocycles. The first kappa shape index (κ1) is 14.8. The summed E-state index contributed by atoms with van der Waals surface area (Å²) in [7, 11) is 0. The Morgan fingerprint density at radius 2 is 1.75 bits per heavy atom. The van der Waals surface area contributed by atoms with E-state index >= 15 is 0 Å². The Morgan fingerprint density at radius 1 is 0.950 bits per heavy atom. The number of likely N-dealkylation sites (tertiary alicyclic amines) is 2. The highest BCUT2D eigenvalue weighted by Gasteiger charge is 2.34. The molecule has 116 valence electrons. The molecule has 3 fully saturated rings. The first-order chi connectivity index (χ1) is 9.84. The Kier molecular flexibility index (Phi) is 5.36. The Morgan fingerprint density at radius 3 is 2.55 bits per heavy atom. The average molecular weight is 279 g/mol. The molecule has 3 aliphatic heterocycles. The highest BCUT2D eigenvalue weighted by atomic mass is 15.2. The highest BCUT2D eigenvalue weighted by molar-refractivity contribution is 4.91. The largest absolute Gasteiger partial charge is 0.315 e. The van der Waals surface area contributed by atoms with Gasteiger partial charge in [0, 0.05) is 25.2 Å². The lowest BCUT2D eigenvalue weighted by Crippen LogP contribution is -2.57. The summed E-state index contributed by atoms with van der Waals surface area (Å²) in [6, 6.07) is 1.60. The molecule has 0 bridgehead atoms. The summed E-state index contributed by atoms with van der Waals surface area (Å²) >= 11 is 0. The van der Waals surface area contributed by atoms with Crippen molar-refractivity contribution in [2.24, 2.45) is 5.92 Å². The van der Waals surface area contributed by atoms with Crippen LogP contribution in [-0.2, 0) is 0 Å². The lowest BCUT2D eigenvalue weighted by Gasteiger charge is -2.46. The molecule has 3 heteroatoms. The van der Waals surface area contributed by atoms with Gasteiger partial charge >= 0.3 is 0 Å². The van der Waals surface area contributed by atoms with Crippen molar-refractivity contribution in [1.82, 2.24) is 15.1 Å². The third kappa shape index (κ3) is 3.55. The Hall–Kier alpha value is -0.120. The molecule has 0 spiro atoms. The summed E-state index contributed by atoms with van der Waals surface area (Å²) in [4.78, 5) is 5.59. The molecule has 0 aromatic heterocycles. The van der Waals surface area contributed by atoms with E-state index < -0.39 is 0 Å². The molecule has 20 heavy (non-hydrogen) atoms. The minimum absolute atomic E-state index is 0.793. The third-order valence-electron chi connectivity index (χ3n) is 5.81. The van der Waals surface area contributed by atoms with Crippen LogP contribution in [0, 0.1) is 5.92 Å². The van der Waals surface area contributed by atoms with Crippen molar-refractivity contribution in [1.29, 1.82) is 0 Å². The number of hydrogen-bond donors (Lipinski definition) is 1. The van der Waals surface area contributed by atoms with Crippen LogP contribution >= 0.6 is 0 Å². The van der Waals surface area contributed by atoms with Gasteiger partial charge in [-0.1, -0.05) is 12.8 Å². The minimum Gasteiger partial charge on any atom is -0.315 e. The van der Waals surface area contributed by atoms with E-state index in [0.29, 0.717) is 0 Å². The monoisotopic (exact) mass is 279 g/mol. The molecule has 1 N–H and O–H groups in total. The maximum atomic E-state index is 3.66. The van der Waals surface area contributed by atoms with Gasteiger partial charge in [-0.25, -0.2) is 0 Å². The molecule has 3 nitrogen and oxygen atoms in total. The van der Waals surface area contributed by atoms with Crippen molar-refractivity contribution < 1.29 is 0 Å². The fourth-order valence-electron chi connectivity index (χ4n) is 4.58. The SMILES string of the molecule is CC1CCCCN1C1CNCCC1CN1CCCCC1. The highest BCUT2D eigenvalue weighted by Crippen LogP contribution is 2.27. The van der Waals surface area contributed by atoms with Gasteiger partial charge in [0.15, 0.2) is 0 Å². The topological polar surface area (TPSA) is 18.5 Å². The molecular weight excluding hydrogens is 246 g/mol. The molecule has 0 aromatic carbocycles. The van der Waals surface area contributed by atoms with Crippen LogP contribution in [0.1, 0.15) is 51.9 Å². The second-order valence-electron chi connectivity index (χ2n) is 7.26. The summed E-state index contributed by atoms with van der Waals surface area (Å²) in [5.41, 5.74) is 0. The Balaban J connectivity index is 1.60. The zero-order valence-electron chi connectivity index (χ0n) is 13.3. The zero-order chi connectivity index (χ0) is 13.8. The number of hydrogen-bond acceptors (Lipinski definition) is 3. The van der Waals surface area contributed by atoms with Crippen LogP contribution in [0.25, 0.3) is 0 Å². The van der Waals surface area contributed by atoms with Crippen molar-refractivity contribution in [3.8, 4) is 0 Å². The van der Waals surface area contributed by atoms with Crippen LogP contribution in [-0.4, -0.2) is 61.2 Å². The van der Waals surface area contributed by atoms with Crippen LogP contribution in [0.5, 0.6) is 0 Å². The predicted octanol–water partition coefficient (Wildman–Crippen LogP) is 2.32. The Labute approximate surface area is 125 Å². The van der Waals surface area contributed by atoms with E-state index in [1.807, 2.05) is 0 Å². The van der Waals surface area contributed by atoms with Crippen molar-refractivity contribution in [2.75, 3.05) is 39.3 Å². The fraction of sp³-hybridized carbons (Fsp3) is 1.00. The average Bonchev–Trinajstić information content (AvgIpc) is 2.50. The second-order valence-corrected chi connectivity index (χ2v) is 7.26. The minimum atomic E-state index is 0.793. The molecule has 0 saturated carbocycles. The maximum absolute atomic E-state index is 3.66. The normalized spacial score (nSPS) is 38.0. The molecule has 3 unspecified atom stereocenters. The number of piperidine rings is 3. The van der Waals surface area contributed by atoms with Gasteiger partial charge in [-0.15, -0.1) is 0 Å². The molecule has 3 heterocycles. The van der Waals surface area contributed by atoms with Gasteiger partial charge in [0.25, 0.3) is 0 Å². The van der Waals surface area contributed by atoms with Gasteiger partial charge in [0.1, 0.15) is 0 Å². The smallest absolute Gasteiger partial charge is 0.0264 e. The van der Waals surface area contributed by atoms with E-state index in [0.717, 1.165) is 18.0 Å². The van der Waals surface area contributed by atoms with Gasteiger partial charge in [0.2, 0.25) is 0 Å². The summed E-state index contributed by atoms with van der Waals surface area (Å²) in [6.07, 6.45) is 9.95. The van der Waals surface area contributed by atoms with Crippen molar-refractivity contribution in [3.63, 3.8) is 0 Å². The Bertz CT molecular complexity index is 288. The first-order valence-corrected chi connectivity index (χ1v) is 9.03.